The summed E-state index contributed by atoms with van der Waals surface area (Å²) in [6, 6.07) is 8.27. The summed E-state index contributed by atoms with van der Waals surface area (Å²) in [6.45, 7) is 1.52. The molecule has 2 nitrogen and oxygen atoms in total. The van der Waals surface area contributed by atoms with Gasteiger partial charge in [-0.05, 0) is 35.2 Å². The molecule has 3 heteroatoms. The van der Waals surface area contributed by atoms with Crippen molar-refractivity contribution in [1.29, 1.82) is 0 Å². The van der Waals surface area contributed by atoms with E-state index in [0.717, 1.165) is 25.0 Å². The van der Waals surface area contributed by atoms with Crippen molar-refractivity contribution in [2.45, 2.75) is 18.9 Å². The lowest BCUT2D eigenvalue weighted by molar-refractivity contribution is -0.00937. The zero-order chi connectivity index (χ0) is 11.7. The van der Waals surface area contributed by atoms with Gasteiger partial charge in [0, 0.05) is 17.2 Å². The smallest absolute Gasteiger partial charge is 0.0854 e. The van der Waals surface area contributed by atoms with Crippen molar-refractivity contribution >= 4 is 21.4 Å². The number of hydrogen-bond donors (Lipinski definition) is 1. The highest BCUT2D eigenvalue weighted by Gasteiger charge is 2.25. The van der Waals surface area contributed by atoms with Gasteiger partial charge in [0.15, 0.2) is 0 Å². The molecule has 0 radical (unpaired) electrons. The van der Waals surface area contributed by atoms with Crippen LogP contribution in [0.2, 0.25) is 0 Å². The monoisotopic (exact) mass is 248 g/mol. The van der Waals surface area contributed by atoms with Gasteiger partial charge in [0.2, 0.25) is 0 Å². The lowest BCUT2D eigenvalue weighted by atomic mass is 9.91. The van der Waals surface area contributed by atoms with E-state index in [1.165, 1.54) is 10.1 Å². The number of aliphatic hydroxyl groups is 1. The van der Waals surface area contributed by atoms with Crippen molar-refractivity contribution in [2.75, 3.05) is 13.2 Å². The molecule has 1 fully saturated rings. The van der Waals surface area contributed by atoms with Gasteiger partial charge >= 0.3 is 0 Å². The Kier molecular flexibility index (Phi) is 3.14. The van der Waals surface area contributed by atoms with Gasteiger partial charge in [-0.1, -0.05) is 18.2 Å². The molecule has 1 aliphatic heterocycles. The van der Waals surface area contributed by atoms with E-state index >= 15 is 0 Å². The minimum absolute atomic E-state index is 0.247. The Morgan fingerprint density at radius 3 is 3.12 bits per heavy atom. The van der Waals surface area contributed by atoms with E-state index in [4.69, 9.17) is 4.74 Å². The van der Waals surface area contributed by atoms with Gasteiger partial charge in [-0.2, -0.15) is 0 Å². The molecule has 0 bridgehead atoms. The molecule has 0 spiro atoms. The van der Waals surface area contributed by atoms with Gasteiger partial charge < -0.3 is 9.84 Å². The van der Waals surface area contributed by atoms with E-state index in [9.17, 15) is 5.11 Å². The molecule has 2 unspecified atom stereocenters. The summed E-state index contributed by atoms with van der Waals surface area (Å²) in [5.74, 6) is 0.247. The third kappa shape index (κ3) is 2.10. The molecule has 0 amide bonds. The number of hydrogen-bond acceptors (Lipinski definition) is 3. The fourth-order valence-corrected chi connectivity index (χ4v) is 3.47. The van der Waals surface area contributed by atoms with Gasteiger partial charge in [-0.25, -0.2) is 0 Å². The summed E-state index contributed by atoms with van der Waals surface area (Å²) in [7, 11) is 0. The molecule has 90 valence electrons. The average Bonchev–Trinajstić information content (AvgIpc) is 2.87. The van der Waals surface area contributed by atoms with Gasteiger partial charge in [0.05, 0.1) is 12.7 Å². The highest BCUT2D eigenvalue weighted by atomic mass is 32.1. The Bertz CT molecular complexity index is 500. The van der Waals surface area contributed by atoms with Crippen LogP contribution in [-0.4, -0.2) is 18.3 Å². The van der Waals surface area contributed by atoms with Crippen LogP contribution in [-0.2, 0) is 4.74 Å². The standard InChI is InChI=1S/C14H16O2S/c15-13(11-4-2-7-16-9-11)12-5-1-3-10-6-8-17-14(10)12/h1,3,5-6,8,11,13,15H,2,4,7,9H2. The molecular weight excluding hydrogens is 232 g/mol. The summed E-state index contributed by atoms with van der Waals surface area (Å²) in [6.07, 6.45) is 1.73. The van der Waals surface area contributed by atoms with Crippen LogP contribution < -0.4 is 0 Å². The normalized spacial score (nSPS) is 22.8. The summed E-state index contributed by atoms with van der Waals surface area (Å²) in [4.78, 5) is 0. The van der Waals surface area contributed by atoms with Crippen molar-refractivity contribution in [3.63, 3.8) is 0 Å². The quantitative estimate of drug-likeness (QED) is 0.883. The van der Waals surface area contributed by atoms with E-state index < -0.39 is 6.10 Å². The third-order valence-electron chi connectivity index (χ3n) is 3.47. The Hall–Kier alpha value is -0.900. The average molecular weight is 248 g/mol. The first kappa shape index (κ1) is 11.2. The molecule has 0 aliphatic carbocycles. The zero-order valence-electron chi connectivity index (χ0n) is 9.63. The SMILES string of the molecule is OC(c1cccc2ccsc12)C1CCCOC1. The van der Waals surface area contributed by atoms with Crippen LogP contribution in [0.3, 0.4) is 0 Å². The maximum Gasteiger partial charge on any atom is 0.0854 e. The molecular formula is C14H16O2S. The van der Waals surface area contributed by atoms with Gasteiger partial charge in [0.1, 0.15) is 0 Å². The molecule has 2 atom stereocenters. The Morgan fingerprint density at radius 1 is 1.35 bits per heavy atom. The van der Waals surface area contributed by atoms with Crippen molar-refractivity contribution in [1.82, 2.24) is 0 Å². The highest BCUT2D eigenvalue weighted by Crippen LogP contribution is 2.35. The Balaban J connectivity index is 1.94. The van der Waals surface area contributed by atoms with Crippen molar-refractivity contribution in [2.24, 2.45) is 5.92 Å². The lowest BCUT2D eigenvalue weighted by Crippen LogP contribution is -2.23. The van der Waals surface area contributed by atoms with Gasteiger partial charge in [-0.3, -0.25) is 0 Å². The van der Waals surface area contributed by atoms with Crippen LogP contribution in [0.15, 0.2) is 29.6 Å². The van der Waals surface area contributed by atoms with Gasteiger partial charge in [0.25, 0.3) is 0 Å². The van der Waals surface area contributed by atoms with E-state index in [1.807, 2.05) is 12.1 Å². The van der Waals surface area contributed by atoms with E-state index in [-0.39, 0.29) is 5.92 Å². The minimum Gasteiger partial charge on any atom is -0.388 e. The number of fused-ring (bicyclic) bond motifs is 1. The fourth-order valence-electron chi connectivity index (χ4n) is 2.52. The van der Waals surface area contributed by atoms with Crippen molar-refractivity contribution in [3.05, 3.63) is 35.2 Å². The summed E-state index contributed by atoms with van der Waals surface area (Å²) >= 11 is 1.71. The van der Waals surface area contributed by atoms with Crippen LogP contribution >= 0.6 is 11.3 Å². The van der Waals surface area contributed by atoms with Crippen molar-refractivity contribution < 1.29 is 9.84 Å². The lowest BCUT2D eigenvalue weighted by Gasteiger charge is -2.27. The van der Waals surface area contributed by atoms with E-state index in [0.29, 0.717) is 6.61 Å². The molecule has 2 heterocycles. The first-order valence-corrected chi connectivity index (χ1v) is 6.96. The molecule has 0 saturated carbocycles. The second-order valence-corrected chi connectivity index (χ2v) is 5.52. The summed E-state index contributed by atoms with van der Waals surface area (Å²) < 4.78 is 6.68. The molecule has 1 aliphatic rings. The van der Waals surface area contributed by atoms with E-state index in [2.05, 4.69) is 17.5 Å². The second kappa shape index (κ2) is 4.77. The molecule has 1 aromatic carbocycles. The molecule has 17 heavy (non-hydrogen) atoms. The largest absolute Gasteiger partial charge is 0.388 e. The maximum atomic E-state index is 10.5. The topological polar surface area (TPSA) is 29.5 Å². The molecule has 1 saturated heterocycles. The molecule has 2 aromatic rings. The predicted octanol–water partition coefficient (Wildman–Crippen LogP) is 3.36. The van der Waals surface area contributed by atoms with Crippen LogP contribution in [0, 0.1) is 5.92 Å². The number of ether oxygens (including phenoxy) is 1. The van der Waals surface area contributed by atoms with Crippen LogP contribution in [0.1, 0.15) is 24.5 Å². The zero-order valence-corrected chi connectivity index (χ0v) is 10.5. The molecule has 1 N–H and O–H groups in total. The number of thiophene rings is 1. The maximum absolute atomic E-state index is 10.5. The number of rotatable bonds is 2. The van der Waals surface area contributed by atoms with Crippen LogP contribution in [0.25, 0.3) is 10.1 Å². The van der Waals surface area contributed by atoms with Crippen LogP contribution in [0.5, 0.6) is 0 Å². The fraction of sp³-hybridized carbons (Fsp3) is 0.429. The third-order valence-corrected chi connectivity index (χ3v) is 4.45. The Labute approximate surface area is 105 Å². The second-order valence-electron chi connectivity index (χ2n) is 4.61. The first-order chi connectivity index (χ1) is 8.36. The van der Waals surface area contributed by atoms with Crippen molar-refractivity contribution in [3.8, 4) is 0 Å². The minimum atomic E-state index is -0.391. The molecule has 1 aromatic heterocycles. The first-order valence-electron chi connectivity index (χ1n) is 6.08. The van der Waals surface area contributed by atoms with Crippen LogP contribution in [0.4, 0.5) is 0 Å². The number of benzene rings is 1. The number of aliphatic hydroxyl groups excluding tert-OH is 1. The molecule has 3 rings (SSSR count). The Morgan fingerprint density at radius 2 is 2.29 bits per heavy atom. The highest BCUT2D eigenvalue weighted by molar-refractivity contribution is 7.17. The van der Waals surface area contributed by atoms with Gasteiger partial charge in [-0.15, -0.1) is 11.3 Å². The van der Waals surface area contributed by atoms with E-state index in [1.54, 1.807) is 11.3 Å². The summed E-state index contributed by atoms with van der Waals surface area (Å²) in [5.41, 5.74) is 1.06. The summed E-state index contributed by atoms with van der Waals surface area (Å²) in [5, 5.41) is 13.8. The predicted molar refractivity (Wildman–Crippen MR) is 70.3 cm³/mol.